The highest BCUT2D eigenvalue weighted by Crippen LogP contribution is 2.33. The molecule has 3 aromatic carbocycles. The van der Waals surface area contributed by atoms with E-state index in [2.05, 4.69) is 47.5 Å². The lowest BCUT2D eigenvalue weighted by molar-refractivity contribution is 0.104. The first-order valence-corrected chi connectivity index (χ1v) is 8.70. The second-order valence-electron chi connectivity index (χ2n) is 6.28. The molecule has 126 valence electrons. The van der Waals surface area contributed by atoms with E-state index < -0.39 is 0 Å². The molecule has 3 aromatic rings. The predicted octanol–water partition coefficient (Wildman–Crippen LogP) is 5.49. The smallest absolute Gasteiger partial charge is 0.186 e. The molecule has 2 heteroatoms. The molecule has 4 rings (SSSR count). The number of anilines is 1. The molecule has 0 N–H and O–H groups in total. The summed E-state index contributed by atoms with van der Waals surface area (Å²) in [7, 11) is 0. The van der Waals surface area contributed by atoms with E-state index in [-0.39, 0.29) is 5.78 Å². The van der Waals surface area contributed by atoms with Crippen LogP contribution in [0, 0.1) is 0 Å². The molecule has 0 saturated heterocycles. The van der Waals surface area contributed by atoms with Gasteiger partial charge in [0.2, 0.25) is 0 Å². The maximum absolute atomic E-state index is 12.6. The molecule has 26 heavy (non-hydrogen) atoms. The van der Waals surface area contributed by atoms with Crippen LogP contribution in [0.4, 0.5) is 5.69 Å². The molecule has 2 nitrogen and oxygen atoms in total. The minimum atomic E-state index is 0.0246. The molecule has 0 radical (unpaired) electrons. The Bertz CT molecular complexity index is 971. The van der Waals surface area contributed by atoms with Gasteiger partial charge in [-0.25, -0.2) is 0 Å². The van der Waals surface area contributed by atoms with Gasteiger partial charge in [0.25, 0.3) is 0 Å². The van der Waals surface area contributed by atoms with Crippen LogP contribution >= 0.6 is 0 Å². The molecule has 0 unspecified atom stereocenters. The summed E-state index contributed by atoms with van der Waals surface area (Å²) in [6, 6.07) is 28.0. The minimum Gasteiger partial charge on any atom is -0.343 e. The summed E-state index contributed by atoms with van der Waals surface area (Å²) < 4.78 is 0. The van der Waals surface area contributed by atoms with Crippen molar-refractivity contribution in [2.75, 3.05) is 4.90 Å². The van der Waals surface area contributed by atoms with Crippen LogP contribution < -0.4 is 4.90 Å². The van der Waals surface area contributed by atoms with Gasteiger partial charge in [-0.15, -0.1) is 0 Å². The van der Waals surface area contributed by atoms with E-state index in [1.54, 1.807) is 6.08 Å². The van der Waals surface area contributed by atoms with E-state index in [9.17, 15) is 4.79 Å². The number of hydrogen-bond donors (Lipinski definition) is 0. The van der Waals surface area contributed by atoms with E-state index in [1.807, 2.05) is 54.6 Å². The van der Waals surface area contributed by atoms with Crippen molar-refractivity contribution in [1.82, 2.24) is 0 Å². The third-order valence-corrected chi connectivity index (χ3v) is 4.50. The Morgan fingerprint density at radius 3 is 2.23 bits per heavy atom. The maximum atomic E-state index is 12.6. The van der Waals surface area contributed by atoms with Crippen LogP contribution in [0.3, 0.4) is 0 Å². The van der Waals surface area contributed by atoms with Gasteiger partial charge in [-0.3, -0.25) is 4.79 Å². The van der Waals surface area contributed by atoms with Gasteiger partial charge in [0, 0.05) is 29.6 Å². The third kappa shape index (κ3) is 3.35. The summed E-state index contributed by atoms with van der Waals surface area (Å²) in [5, 5.41) is 0. The number of carbonyl (C=O) groups is 1. The van der Waals surface area contributed by atoms with Crippen molar-refractivity contribution in [3.8, 4) is 0 Å². The molecule has 0 aromatic heterocycles. The summed E-state index contributed by atoms with van der Waals surface area (Å²) in [5.74, 6) is 0.0246. The Hall–Kier alpha value is -3.39. The zero-order valence-electron chi connectivity index (χ0n) is 14.4. The first-order valence-electron chi connectivity index (χ1n) is 8.70. The first-order chi connectivity index (χ1) is 12.8. The number of benzene rings is 3. The molecular formula is C24H19NO. The Balaban J connectivity index is 1.66. The quantitative estimate of drug-likeness (QED) is 0.464. The normalized spacial score (nSPS) is 14.3. The SMILES string of the molecule is O=C(/C=C1/C=CN(Cc2ccccc2)c2ccccc21)c1ccccc1. The van der Waals surface area contributed by atoms with E-state index in [0.717, 1.165) is 23.4 Å². The van der Waals surface area contributed by atoms with E-state index in [1.165, 1.54) is 5.56 Å². The molecule has 0 fully saturated rings. The van der Waals surface area contributed by atoms with Crippen molar-refractivity contribution >= 4 is 17.0 Å². The lowest BCUT2D eigenvalue weighted by Crippen LogP contribution is -2.19. The highest BCUT2D eigenvalue weighted by Gasteiger charge is 2.17. The average molecular weight is 337 g/mol. The van der Waals surface area contributed by atoms with Crippen molar-refractivity contribution in [2.45, 2.75) is 6.54 Å². The van der Waals surface area contributed by atoms with Gasteiger partial charge in [-0.05, 0) is 29.4 Å². The molecule has 0 spiro atoms. The van der Waals surface area contributed by atoms with Crippen LogP contribution in [-0.4, -0.2) is 5.78 Å². The molecule has 0 atom stereocenters. The Morgan fingerprint density at radius 1 is 0.808 bits per heavy atom. The van der Waals surface area contributed by atoms with Crippen molar-refractivity contribution in [3.05, 3.63) is 120 Å². The highest BCUT2D eigenvalue weighted by molar-refractivity contribution is 6.10. The second-order valence-corrected chi connectivity index (χ2v) is 6.28. The Kier molecular flexibility index (Phi) is 4.48. The van der Waals surface area contributed by atoms with Crippen LogP contribution in [0.25, 0.3) is 5.57 Å². The molecule has 1 heterocycles. The molecule has 0 amide bonds. The number of nitrogens with zero attached hydrogens (tertiary/aromatic N) is 1. The number of rotatable bonds is 4. The van der Waals surface area contributed by atoms with Crippen molar-refractivity contribution in [2.24, 2.45) is 0 Å². The fourth-order valence-electron chi connectivity index (χ4n) is 3.18. The molecule has 1 aliphatic rings. The van der Waals surface area contributed by atoms with Gasteiger partial charge in [-0.1, -0.05) is 78.9 Å². The summed E-state index contributed by atoms with van der Waals surface area (Å²) in [5.41, 5.74) is 5.09. The number of fused-ring (bicyclic) bond motifs is 1. The van der Waals surface area contributed by atoms with Crippen LogP contribution in [-0.2, 0) is 6.54 Å². The molecule has 0 saturated carbocycles. The zero-order chi connectivity index (χ0) is 17.8. The maximum Gasteiger partial charge on any atom is 0.186 e. The first kappa shape index (κ1) is 16.1. The van der Waals surface area contributed by atoms with Gasteiger partial charge < -0.3 is 4.90 Å². The third-order valence-electron chi connectivity index (χ3n) is 4.50. The molecule has 0 aliphatic carbocycles. The number of ketones is 1. The topological polar surface area (TPSA) is 20.3 Å². The number of para-hydroxylation sites is 1. The van der Waals surface area contributed by atoms with Gasteiger partial charge in [-0.2, -0.15) is 0 Å². The Labute approximate surface area is 153 Å². The van der Waals surface area contributed by atoms with Crippen LogP contribution in [0.5, 0.6) is 0 Å². The van der Waals surface area contributed by atoms with Crippen molar-refractivity contribution in [1.29, 1.82) is 0 Å². The average Bonchev–Trinajstić information content (AvgIpc) is 2.71. The van der Waals surface area contributed by atoms with Gasteiger partial charge in [0.05, 0.1) is 0 Å². The lowest BCUT2D eigenvalue weighted by atomic mass is 9.97. The van der Waals surface area contributed by atoms with Gasteiger partial charge in [0.15, 0.2) is 5.78 Å². The number of allylic oxidation sites excluding steroid dienone is 3. The van der Waals surface area contributed by atoms with Crippen LogP contribution in [0.15, 0.2) is 103 Å². The number of carbonyl (C=O) groups excluding carboxylic acids is 1. The number of hydrogen-bond acceptors (Lipinski definition) is 2. The molecule has 1 aliphatic heterocycles. The zero-order valence-corrected chi connectivity index (χ0v) is 14.4. The van der Waals surface area contributed by atoms with E-state index in [4.69, 9.17) is 0 Å². The summed E-state index contributed by atoms with van der Waals surface area (Å²) in [6.07, 6.45) is 5.80. The van der Waals surface area contributed by atoms with E-state index >= 15 is 0 Å². The summed E-state index contributed by atoms with van der Waals surface area (Å²) >= 11 is 0. The Morgan fingerprint density at radius 2 is 1.46 bits per heavy atom. The predicted molar refractivity (Wildman–Crippen MR) is 107 cm³/mol. The standard InChI is InChI=1S/C24H19NO/c26-24(20-11-5-2-6-12-20)17-21-15-16-25(18-19-9-3-1-4-10-19)23-14-8-7-13-22(21)23/h1-17H,18H2/b21-17-. The fraction of sp³-hybridized carbons (Fsp3) is 0.0417. The second kappa shape index (κ2) is 7.24. The largest absolute Gasteiger partial charge is 0.343 e. The fourth-order valence-corrected chi connectivity index (χ4v) is 3.18. The van der Waals surface area contributed by atoms with Gasteiger partial charge in [0.1, 0.15) is 0 Å². The monoisotopic (exact) mass is 337 g/mol. The minimum absolute atomic E-state index is 0.0246. The van der Waals surface area contributed by atoms with Gasteiger partial charge >= 0.3 is 0 Å². The van der Waals surface area contributed by atoms with Crippen molar-refractivity contribution < 1.29 is 4.79 Å². The highest BCUT2D eigenvalue weighted by atomic mass is 16.1. The van der Waals surface area contributed by atoms with E-state index in [0.29, 0.717) is 5.56 Å². The molecule has 0 bridgehead atoms. The lowest BCUT2D eigenvalue weighted by Gasteiger charge is -2.27. The molecular weight excluding hydrogens is 318 g/mol. The summed E-state index contributed by atoms with van der Waals surface area (Å²) in [4.78, 5) is 14.8. The summed E-state index contributed by atoms with van der Waals surface area (Å²) in [6.45, 7) is 0.800. The van der Waals surface area contributed by atoms with Crippen LogP contribution in [0.1, 0.15) is 21.5 Å². The van der Waals surface area contributed by atoms with Crippen LogP contribution in [0.2, 0.25) is 0 Å². The van der Waals surface area contributed by atoms with Crippen molar-refractivity contribution in [3.63, 3.8) is 0 Å².